The van der Waals surface area contributed by atoms with Gasteiger partial charge in [0.05, 0.1) is 29.3 Å². The van der Waals surface area contributed by atoms with Gasteiger partial charge in [-0.25, -0.2) is 9.59 Å². The molecule has 1 aromatic carbocycles. The summed E-state index contributed by atoms with van der Waals surface area (Å²) in [6, 6.07) is 2.66. The van der Waals surface area contributed by atoms with Crippen molar-refractivity contribution < 1.29 is 19.4 Å². The summed E-state index contributed by atoms with van der Waals surface area (Å²) in [5, 5.41) is 9.01. The Bertz CT molecular complexity index is 609. The number of aromatic carboxylic acids is 1. The Morgan fingerprint density at radius 2 is 1.65 bits per heavy atom. The smallest absolute Gasteiger partial charge is 0.338 e. The molecule has 0 aliphatic rings. The van der Waals surface area contributed by atoms with Crippen molar-refractivity contribution in [2.45, 2.75) is 0 Å². The van der Waals surface area contributed by atoms with Crippen LogP contribution in [-0.2, 0) is 4.74 Å². The van der Waals surface area contributed by atoms with Crippen LogP contribution >= 0.6 is 0 Å². The average molecular weight is 232 g/mol. The van der Waals surface area contributed by atoms with Crippen LogP contribution in [0.25, 0.3) is 11.0 Å². The topological polar surface area (TPSA) is 89.4 Å². The van der Waals surface area contributed by atoms with Gasteiger partial charge >= 0.3 is 11.9 Å². The summed E-state index contributed by atoms with van der Waals surface area (Å²) >= 11 is 0. The third-order valence-electron chi connectivity index (χ3n) is 2.24. The number of carboxylic acid groups (broad SMARTS) is 1. The zero-order chi connectivity index (χ0) is 12.4. The predicted octanol–water partition coefficient (Wildman–Crippen LogP) is 1.11. The normalized spacial score (nSPS) is 10.2. The number of nitrogens with zero attached hydrogens (tertiary/aromatic N) is 2. The van der Waals surface area contributed by atoms with Crippen molar-refractivity contribution >= 4 is 23.0 Å². The zero-order valence-corrected chi connectivity index (χ0v) is 8.88. The highest BCUT2D eigenvalue weighted by Crippen LogP contribution is 2.17. The molecular weight excluding hydrogens is 224 g/mol. The van der Waals surface area contributed by atoms with Gasteiger partial charge in [-0.05, 0) is 12.1 Å². The average Bonchev–Trinajstić information content (AvgIpc) is 2.36. The lowest BCUT2D eigenvalue weighted by atomic mass is 10.1. The summed E-state index contributed by atoms with van der Waals surface area (Å²) in [5.74, 6) is -1.92. The van der Waals surface area contributed by atoms with E-state index in [0.717, 1.165) is 0 Å². The lowest BCUT2D eigenvalue weighted by molar-refractivity contribution is 0.0583. The Hall–Kier alpha value is -2.50. The predicted molar refractivity (Wildman–Crippen MR) is 57.8 cm³/mol. The number of fused-ring (bicyclic) bond motifs is 1. The summed E-state index contributed by atoms with van der Waals surface area (Å²) in [5.41, 5.74) is 0.674. The number of benzene rings is 1. The molecule has 0 atom stereocenters. The van der Waals surface area contributed by atoms with E-state index >= 15 is 0 Å². The van der Waals surface area contributed by atoms with E-state index in [1.54, 1.807) is 0 Å². The van der Waals surface area contributed by atoms with E-state index in [4.69, 9.17) is 5.11 Å². The first-order chi connectivity index (χ1) is 8.13. The fourth-order valence-electron chi connectivity index (χ4n) is 1.47. The molecule has 0 unspecified atom stereocenters. The monoisotopic (exact) mass is 232 g/mol. The molecule has 1 N–H and O–H groups in total. The van der Waals surface area contributed by atoms with Gasteiger partial charge in [0.25, 0.3) is 0 Å². The molecule has 6 nitrogen and oxygen atoms in total. The number of carboxylic acids is 1. The van der Waals surface area contributed by atoms with Gasteiger partial charge in [0, 0.05) is 12.4 Å². The molecule has 0 bridgehead atoms. The van der Waals surface area contributed by atoms with Gasteiger partial charge in [-0.3, -0.25) is 9.97 Å². The summed E-state index contributed by atoms with van der Waals surface area (Å²) in [6.07, 6.45) is 2.91. The van der Waals surface area contributed by atoms with Crippen molar-refractivity contribution in [1.82, 2.24) is 9.97 Å². The molecule has 2 rings (SSSR count). The van der Waals surface area contributed by atoms with Crippen LogP contribution in [0.1, 0.15) is 20.7 Å². The lowest BCUT2D eigenvalue weighted by Crippen LogP contribution is -2.10. The van der Waals surface area contributed by atoms with Gasteiger partial charge in [0.15, 0.2) is 0 Å². The maximum Gasteiger partial charge on any atom is 0.338 e. The Kier molecular flexibility index (Phi) is 2.70. The van der Waals surface area contributed by atoms with Crippen molar-refractivity contribution in [2.75, 3.05) is 7.11 Å². The Balaban J connectivity index is 2.75. The molecule has 0 saturated carbocycles. The minimum absolute atomic E-state index is 0.0343. The van der Waals surface area contributed by atoms with E-state index in [9.17, 15) is 9.59 Å². The van der Waals surface area contributed by atoms with Crippen LogP contribution in [0.2, 0.25) is 0 Å². The summed E-state index contributed by atoms with van der Waals surface area (Å²) in [7, 11) is 1.19. The van der Waals surface area contributed by atoms with Crippen LogP contribution in [0.4, 0.5) is 0 Å². The zero-order valence-electron chi connectivity index (χ0n) is 8.88. The minimum Gasteiger partial charge on any atom is -0.478 e. The number of carbonyl (C=O) groups excluding carboxylic acids is 1. The molecule has 0 amide bonds. The summed E-state index contributed by atoms with van der Waals surface area (Å²) in [6.45, 7) is 0. The maximum atomic E-state index is 11.4. The largest absolute Gasteiger partial charge is 0.478 e. The van der Waals surface area contributed by atoms with Crippen molar-refractivity contribution in [3.63, 3.8) is 0 Å². The van der Waals surface area contributed by atoms with E-state index in [-0.39, 0.29) is 11.1 Å². The first-order valence-electron chi connectivity index (χ1n) is 4.70. The highest BCUT2D eigenvalue weighted by atomic mass is 16.5. The Morgan fingerprint density at radius 3 is 2.12 bits per heavy atom. The van der Waals surface area contributed by atoms with Crippen LogP contribution in [-0.4, -0.2) is 34.1 Å². The van der Waals surface area contributed by atoms with E-state index < -0.39 is 11.9 Å². The van der Waals surface area contributed by atoms with Gasteiger partial charge in [-0.15, -0.1) is 0 Å². The van der Waals surface area contributed by atoms with Gasteiger partial charge in [-0.2, -0.15) is 0 Å². The summed E-state index contributed by atoms with van der Waals surface area (Å²) < 4.78 is 4.53. The molecule has 0 aliphatic carbocycles. The third kappa shape index (κ3) is 1.92. The fourth-order valence-corrected chi connectivity index (χ4v) is 1.47. The maximum absolute atomic E-state index is 11.4. The Morgan fingerprint density at radius 1 is 1.12 bits per heavy atom. The van der Waals surface area contributed by atoms with Crippen LogP contribution in [0.3, 0.4) is 0 Å². The van der Waals surface area contributed by atoms with E-state index in [1.165, 1.54) is 31.6 Å². The number of ether oxygens (including phenoxy) is 1. The first kappa shape index (κ1) is 11.0. The van der Waals surface area contributed by atoms with E-state index in [2.05, 4.69) is 14.7 Å². The van der Waals surface area contributed by atoms with Crippen LogP contribution in [0, 0.1) is 0 Å². The molecule has 0 spiro atoms. The van der Waals surface area contributed by atoms with Gasteiger partial charge in [-0.1, -0.05) is 0 Å². The van der Waals surface area contributed by atoms with Crippen molar-refractivity contribution in [2.24, 2.45) is 0 Å². The number of esters is 1. The second-order valence-electron chi connectivity index (χ2n) is 3.24. The molecule has 0 saturated heterocycles. The number of rotatable bonds is 2. The number of hydrogen-bond donors (Lipinski definition) is 1. The van der Waals surface area contributed by atoms with Gasteiger partial charge in [0.2, 0.25) is 0 Å². The third-order valence-corrected chi connectivity index (χ3v) is 2.24. The molecule has 1 heterocycles. The molecule has 0 aliphatic heterocycles. The molecule has 2 aromatic rings. The van der Waals surface area contributed by atoms with E-state index in [0.29, 0.717) is 11.0 Å². The molecule has 17 heavy (non-hydrogen) atoms. The molecule has 86 valence electrons. The minimum atomic E-state index is -1.21. The highest BCUT2D eigenvalue weighted by molar-refractivity contribution is 6.05. The standard InChI is InChI=1S/C11H8N2O4/c1-17-11(16)7-5-9-8(12-2-3-13-9)4-6(7)10(14)15/h2-5H,1H3,(H,14,15). The quantitative estimate of drug-likeness (QED) is 0.780. The van der Waals surface area contributed by atoms with Crippen molar-refractivity contribution in [3.05, 3.63) is 35.7 Å². The molecular formula is C11H8N2O4. The molecule has 1 aromatic heterocycles. The fraction of sp³-hybridized carbons (Fsp3) is 0.0909. The number of hydrogen-bond acceptors (Lipinski definition) is 5. The number of carbonyl (C=O) groups is 2. The van der Waals surface area contributed by atoms with Crippen molar-refractivity contribution in [1.29, 1.82) is 0 Å². The molecule has 0 radical (unpaired) electrons. The first-order valence-corrected chi connectivity index (χ1v) is 4.70. The van der Waals surface area contributed by atoms with Gasteiger partial charge in [0.1, 0.15) is 0 Å². The second-order valence-corrected chi connectivity index (χ2v) is 3.24. The van der Waals surface area contributed by atoms with Crippen LogP contribution < -0.4 is 0 Å². The van der Waals surface area contributed by atoms with Gasteiger partial charge < -0.3 is 9.84 Å². The molecule has 0 fully saturated rings. The van der Waals surface area contributed by atoms with Crippen LogP contribution in [0.15, 0.2) is 24.5 Å². The molecule has 6 heteroatoms. The highest BCUT2D eigenvalue weighted by Gasteiger charge is 2.18. The van der Waals surface area contributed by atoms with Crippen molar-refractivity contribution in [3.8, 4) is 0 Å². The Labute approximate surface area is 95.9 Å². The SMILES string of the molecule is COC(=O)c1cc2nccnc2cc1C(=O)O. The number of aromatic nitrogens is 2. The lowest BCUT2D eigenvalue weighted by Gasteiger charge is -2.05. The second kappa shape index (κ2) is 4.17. The number of methoxy groups -OCH3 is 1. The summed E-state index contributed by atoms with van der Waals surface area (Å²) in [4.78, 5) is 30.4. The van der Waals surface area contributed by atoms with E-state index in [1.807, 2.05) is 0 Å². The van der Waals surface area contributed by atoms with Crippen LogP contribution in [0.5, 0.6) is 0 Å².